The van der Waals surface area contributed by atoms with E-state index in [0.29, 0.717) is 63.0 Å². The van der Waals surface area contributed by atoms with Crippen molar-refractivity contribution in [3.05, 3.63) is 53.0 Å². The van der Waals surface area contributed by atoms with Crippen LogP contribution in [0.1, 0.15) is 25.7 Å². The fraction of sp³-hybridized carbons (Fsp3) is 0.261. The number of hydrogen-bond acceptors (Lipinski definition) is 8. The van der Waals surface area contributed by atoms with Gasteiger partial charge >= 0.3 is 0 Å². The molecule has 1 atom stereocenters. The van der Waals surface area contributed by atoms with E-state index in [-0.39, 0.29) is 11.6 Å². The molecule has 0 amide bonds. The molecule has 0 bridgehead atoms. The third-order valence-electron chi connectivity index (χ3n) is 5.60. The zero-order valence-electron chi connectivity index (χ0n) is 19.2. The zero-order valence-corrected chi connectivity index (χ0v) is 19.2. The van der Waals surface area contributed by atoms with Crippen molar-refractivity contribution in [1.29, 1.82) is 0 Å². The first-order valence-electron chi connectivity index (χ1n) is 10.8. The summed E-state index contributed by atoms with van der Waals surface area (Å²) < 4.78 is 12.6. The first kappa shape index (κ1) is 21.4. The van der Waals surface area contributed by atoms with Gasteiger partial charge in [-0.15, -0.1) is 0 Å². The highest BCUT2D eigenvalue weighted by Crippen LogP contribution is 2.35. The number of anilines is 1. The SMILES string of the molecule is CCn1cc2[nH]c(=O)c(-c3nc4c(OC)cc(OC)cc4[nH]3)c(NC(C)c3ncccn3)c2n1. The Morgan fingerprint density at radius 1 is 1.09 bits per heavy atom. The van der Waals surface area contributed by atoms with Crippen LogP contribution in [0.2, 0.25) is 0 Å². The molecule has 0 saturated heterocycles. The van der Waals surface area contributed by atoms with Gasteiger partial charge in [0.15, 0.2) is 0 Å². The number of aromatic nitrogens is 7. The minimum atomic E-state index is -0.308. The number of rotatable bonds is 7. The molecule has 4 aromatic heterocycles. The molecule has 5 aromatic rings. The third kappa shape index (κ3) is 3.60. The highest BCUT2D eigenvalue weighted by Gasteiger charge is 2.23. The number of ether oxygens (including phenoxy) is 2. The molecule has 4 heterocycles. The Hall–Kier alpha value is -4.41. The Balaban J connectivity index is 1.74. The first-order chi connectivity index (χ1) is 16.5. The molecule has 0 spiro atoms. The summed E-state index contributed by atoms with van der Waals surface area (Å²) in [5, 5.41) is 8.08. The van der Waals surface area contributed by atoms with Crippen LogP contribution in [0.3, 0.4) is 0 Å². The quantitative estimate of drug-likeness (QED) is 0.337. The normalized spacial score (nSPS) is 12.2. The molecule has 34 heavy (non-hydrogen) atoms. The molecule has 11 heteroatoms. The van der Waals surface area contributed by atoms with Crippen molar-refractivity contribution in [3.8, 4) is 22.9 Å². The Bertz CT molecular complexity index is 1540. The number of imidazole rings is 1. The predicted molar refractivity (Wildman–Crippen MR) is 128 cm³/mol. The summed E-state index contributed by atoms with van der Waals surface area (Å²) in [4.78, 5) is 32.9. The second-order valence-electron chi connectivity index (χ2n) is 7.74. The highest BCUT2D eigenvalue weighted by molar-refractivity contribution is 5.97. The lowest BCUT2D eigenvalue weighted by atomic mass is 10.1. The van der Waals surface area contributed by atoms with Crippen molar-refractivity contribution in [2.45, 2.75) is 26.4 Å². The Morgan fingerprint density at radius 3 is 2.59 bits per heavy atom. The Morgan fingerprint density at radius 2 is 1.88 bits per heavy atom. The number of nitrogens with zero attached hydrogens (tertiary/aromatic N) is 5. The summed E-state index contributed by atoms with van der Waals surface area (Å²) >= 11 is 0. The average molecular weight is 460 g/mol. The smallest absolute Gasteiger partial charge is 0.261 e. The van der Waals surface area contributed by atoms with Crippen LogP contribution in [0.15, 0.2) is 41.6 Å². The van der Waals surface area contributed by atoms with Crippen LogP contribution in [-0.4, -0.2) is 48.9 Å². The molecule has 11 nitrogen and oxygen atoms in total. The zero-order chi connectivity index (χ0) is 23.8. The monoisotopic (exact) mass is 460 g/mol. The van der Waals surface area contributed by atoms with Gasteiger partial charge in [-0.1, -0.05) is 0 Å². The van der Waals surface area contributed by atoms with Crippen LogP contribution in [0.4, 0.5) is 5.69 Å². The molecule has 0 aliphatic heterocycles. The molecule has 0 aliphatic rings. The van der Waals surface area contributed by atoms with E-state index in [1.54, 1.807) is 49.5 Å². The molecule has 1 aromatic carbocycles. The maximum absolute atomic E-state index is 13.3. The van der Waals surface area contributed by atoms with Crippen LogP contribution in [0.5, 0.6) is 11.5 Å². The summed E-state index contributed by atoms with van der Waals surface area (Å²) in [5.74, 6) is 2.11. The summed E-state index contributed by atoms with van der Waals surface area (Å²) in [6.45, 7) is 4.57. The highest BCUT2D eigenvalue weighted by atomic mass is 16.5. The second-order valence-corrected chi connectivity index (χ2v) is 7.74. The van der Waals surface area contributed by atoms with E-state index in [0.717, 1.165) is 0 Å². The lowest BCUT2D eigenvalue weighted by Gasteiger charge is -2.16. The van der Waals surface area contributed by atoms with Gasteiger partial charge in [-0.25, -0.2) is 15.0 Å². The number of benzene rings is 1. The average Bonchev–Trinajstić information content (AvgIpc) is 3.47. The van der Waals surface area contributed by atoms with Gasteiger partial charge < -0.3 is 24.8 Å². The molecule has 5 rings (SSSR count). The number of H-pyrrole nitrogens is 2. The van der Waals surface area contributed by atoms with Gasteiger partial charge in [-0.3, -0.25) is 9.48 Å². The summed E-state index contributed by atoms with van der Waals surface area (Å²) in [7, 11) is 3.14. The van der Waals surface area contributed by atoms with E-state index < -0.39 is 0 Å². The maximum Gasteiger partial charge on any atom is 0.261 e. The van der Waals surface area contributed by atoms with E-state index in [9.17, 15) is 4.79 Å². The molecule has 174 valence electrons. The largest absolute Gasteiger partial charge is 0.497 e. The predicted octanol–water partition coefficient (Wildman–Crippen LogP) is 3.27. The van der Waals surface area contributed by atoms with E-state index >= 15 is 0 Å². The summed E-state index contributed by atoms with van der Waals surface area (Å²) in [6.07, 6.45) is 5.17. The van der Waals surface area contributed by atoms with Crippen molar-refractivity contribution in [3.63, 3.8) is 0 Å². The van der Waals surface area contributed by atoms with Crippen molar-refractivity contribution >= 4 is 27.8 Å². The first-order valence-corrected chi connectivity index (χ1v) is 10.8. The molecular weight excluding hydrogens is 436 g/mol. The summed E-state index contributed by atoms with van der Waals surface area (Å²) in [5.41, 5.74) is 3.05. The van der Waals surface area contributed by atoms with Crippen LogP contribution < -0.4 is 20.3 Å². The number of aryl methyl sites for hydroxylation is 1. The molecule has 3 N–H and O–H groups in total. The van der Waals surface area contributed by atoms with Crippen LogP contribution in [0, 0.1) is 0 Å². The summed E-state index contributed by atoms with van der Waals surface area (Å²) in [6, 6.07) is 5.01. The standard InChI is InChI=1S/C23H24N8O3/c1-5-31-11-15-19(30-31)20(26-12(2)21-24-7-6-8-25-21)17(23(32)28-15)22-27-14-9-13(33-3)10-16(34-4)18(14)29-22/h6-12,26H,5H2,1-4H3,(H,27,29)(H,28,32). The van der Waals surface area contributed by atoms with Crippen LogP contribution in [0.25, 0.3) is 33.5 Å². The molecule has 0 aliphatic carbocycles. The number of hydrogen-bond donors (Lipinski definition) is 3. The lowest BCUT2D eigenvalue weighted by Crippen LogP contribution is -2.17. The maximum atomic E-state index is 13.3. The number of methoxy groups -OCH3 is 2. The van der Waals surface area contributed by atoms with E-state index in [1.807, 2.05) is 20.0 Å². The van der Waals surface area contributed by atoms with Crippen molar-refractivity contribution < 1.29 is 9.47 Å². The molecular formula is C23H24N8O3. The van der Waals surface area contributed by atoms with Gasteiger partial charge in [0.05, 0.1) is 37.0 Å². The van der Waals surface area contributed by atoms with Gasteiger partial charge in [0, 0.05) is 37.3 Å². The number of aromatic amines is 2. The lowest BCUT2D eigenvalue weighted by molar-refractivity contribution is 0.397. The number of pyridine rings is 1. The van der Waals surface area contributed by atoms with E-state index in [2.05, 4.69) is 30.4 Å². The fourth-order valence-corrected chi connectivity index (χ4v) is 3.91. The topological polar surface area (TPSA) is 136 Å². The van der Waals surface area contributed by atoms with Crippen molar-refractivity contribution in [1.82, 2.24) is 34.7 Å². The fourth-order valence-electron chi connectivity index (χ4n) is 3.91. The van der Waals surface area contributed by atoms with E-state index in [1.165, 1.54) is 0 Å². The van der Waals surface area contributed by atoms with Gasteiger partial charge in [0.2, 0.25) is 0 Å². The number of nitrogens with one attached hydrogen (secondary N) is 3. The Kier molecular flexibility index (Phi) is 5.36. The molecule has 1 unspecified atom stereocenters. The van der Waals surface area contributed by atoms with Gasteiger partial charge in [0.1, 0.15) is 39.7 Å². The van der Waals surface area contributed by atoms with E-state index in [4.69, 9.17) is 14.5 Å². The van der Waals surface area contributed by atoms with Gasteiger partial charge in [0.25, 0.3) is 5.56 Å². The second kappa shape index (κ2) is 8.50. The van der Waals surface area contributed by atoms with Crippen molar-refractivity contribution in [2.75, 3.05) is 19.5 Å². The minimum Gasteiger partial charge on any atom is -0.497 e. The minimum absolute atomic E-state index is 0.296. The van der Waals surface area contributed by atoms with Gasteiger partial charge in [-0.05, 0) is 19.9 Å². The molecule has 0 saturated carbocycles. The van der Waals surface area contributed by atoms with Crippen molar-refractivity contribution in [2.24, 2.45) is 0 Å². The Labute approximate surface area is 194 Å². The molecule has 0 radical (unpaired) electrons. The number of fused-ring (bicyclic) bond motifs is 2. The molecule has 0 fully saturated rings. The van der Waals surface area contributed by atoms with Crippen LogP contribution >= 0.6 is 0 Å². The van der Waals surface area contributed by atoms with Crippen LogP contribution in [-0.2, 0) is 6.54 Å². The third-order valence-corrected chi connectivity index (χ3v) is 5.60. The van der Waals surface area contributed by atoms with Gasteiger partial charge in [-0.2, -0.15) is 5.10 Å².